The van der Waals surface area contributed by atoms with Crippen LogP contribution in [0.4, 0.5) is 17.1 Å². The summed E-state index contributed by atoms with van der Waals surface area (Å²) >= 11 is 0. The number of para-hydroxylation sites is 2. The summed E-state index contributed by atoms with van der Waals surface area (Å²) in [5, 5.41) is 6.98. The second kappa shape index (κ2) is 14.3. The summed E-state index contributed by atoms with van der Waals surface area (Å²) in [6.07, 6.45) is 0. The highest BCUT2D eigenvalue weighted by atomic mass is 16.3. The van der Waals surface area contributed by atoms with Gasteiger partial charge in [-0.2, -0.15) is 0 Å². The van der Waals surface area contributed by atoms with Gasteiger partial charge in [-0.15, -0.1) is 0 Å². The molecule has 0 amide bonds. The number of benzene rings is 10. The van der Waals surface area contributed by atoms with E-state index in [2.05, 4.69) is 211 Å². The Hall–Kier alpha value is -8.14. The third-order valence-corrected chi connectivity index (χ3v) is 12.1. The molecule has 0 radical (unpaired) electrons. The maximum Gasteiger partial charge on any atom is 0.143 e. The summed E-state index contributed by atoms with van der Waals surface area (Å²) in [5.41, 5.74) is 16.1. The highest BCUT2D eigenvalue weighted by Gasteiger charge is 2.17. The molecule has 10 aromatic carbocycles. The van der Waals surface area contributed by atoms with E-state index >= 15 is 0 Å². The predicted octanol–water partition coefficient (Wildman–Crippen LogP) is 16.8. The van der Waals surface area contributed by atoms with Crippen molar-refractivity contribution in [2.45, 2.75) is 0 Å². The molecule has 0 unspecified atom stereocenters. The van der Waals surface area contributed by atoms with Crippen molar-refractivity contribution in [2.75, 3.05) is 4.90 Å². The summed E-state index contributed by atoms with van der Waals surface area (Å²) < 4.78 is 12.6. The van der Waals surface area contributed by atoms with Crippen molar-refractivity contribution >= 4 is 71.7 Å². The van der Waals surface area contributed by atoms with E-state index < -0.39 is 0 Å². The molecule has 0 N–H and O–H groups in total. The van der Waals surface area contributed by atoms with E-state index in [1.54, 1.807) is 0 Å². The van der Waals surface area contributed by atoms with Crippen LogP contribution < -0.4 is 4.90 Å². The van der Waals surface area contributed by atoms with Crippen LogP contribution in [0.1, 0.15) is 0 Å². The Morgan fingerprint density at radius 2 is 0.738 bits per heavy atom. The fourth-order valence-electron chi connectivity index (χ4n) is 8.95. The minimum atomic E-state index is 0.888. The lowest BCUT2D eigenvalue weighted by atomic mass is 9.99. The quantitative estimate of drug-likeness (QED) is 0.161. The van der Waals surface area contributed by atoms with E-state index in [4.69, 9.17) is 8.83 Å². The molecule has 0 bridgehead atoms. The summed E-state index contributed by atoms with van der Waals surface area (Å²) in [6.45, 7) is 0. The molecule has 2 aromatic heterocycles. The molecule has 286 valence electrons. The highest BCUT2D eigenvalue weighted by molar-refractivity contribution is 6.11. The van der Waals surface area contributed by atoms with E-state index in [9.17, 15) is 0 Å². The van der Waals surface area contributed by atoms with Crippen LogP contribution in [0.15, 0.2) is 233 Å². The van der Waals surface area contributed by atoms with Crippen molar-refractivity contribution in [3.8, 4) is 44.5 Å². The second-order valence-corrected chi connectivity index (χ2v) is 15.7. The lowest BCUT2D eigenvalue weighted by Crippen LogP contribution is -2.09. The van der Waals surface area contributed by atoms with Gasteiger partial charge in [0.15, 0.2) is 0 Å². The number of fused-ring (bicyclic) bond motifs is 7. The average Bonchev–Trinajstić information content (AvgIpc) is 3.90. The van der Waals surface area contributed by atoms with E-state index in [1.807, 2.05) is 18.2 Å². The Balaban J connectivity index is 0.911. The summed E-state index contributed by atoms with van der Waals surface area (Å²) in [5.74, 6) is 0. The van der Waals surface area contributed by atoms with Crippen molar-refractivity contribution in [1.82, 2.24) is 0 Å². The largest absolute Gasteiger partial charge is 0.456 e. The molecular formula is C58H37NO2. The predicted molar refractivity (Wildman–Crippen MR) is 255 cm³/mol. The van der Waals surface area contributed by atoms with Crippen molar-refractivity contribution in [2.24, 2.45) is 0 Å². The Labute approximate surface area is 353 Å². The molecule has 0 atom stereocenters. The second-order valence-electron chi connectivity index (χ2n) is 15.7. The third kappa shape index (κ3) is 6.14. The van der Waals surface area contributed by atoms with E-state index in [-0.39, 0.29) is 0 Å². The van der Waals surface area contributed by atoms with Gasteiger partial charge < -0.3 is 13.7 Å². The van der Waals surface area contributed by atoms with Gasteiger partial charge in [0.05, 0.1) is 0 Å². The number of hydrogen-bond donors (Lipinski definition) is 0. The first kappa shape index (κ1) is 34.9. The fourth-order valence-corrected chi connectivity index (χ4v) is 8.95. The lowest BCUT2D eigenvalue weighted by Gasteiger charge is -2.26. The number of anilines is 3. The number of furan rings is 2. The van der Waals surface area contributed by atoms with Gasteiger partial charge in [0, 0.05) is 44.2 Å². The van der Waals surface area contributed by atoms with E-state index in [0.717, 1.165) is 94.3 Å². The van der Waals surface area contributed by atoms with Crippen molar-refractivity contribution in [3.05, 3.63) is 224 Å². The molecule has 0 saturated heterocycles. The van der Waals surface area contributed by atoms with Crippen LogP contribution in [0.3, 0.4) is 0 Å². The SMILES string of the molecule is c1ccc(-c2cccc3c2oc2ccc(-c4ccc(N(c5ccc(-c6ccc7ccccc7c6)cc5)c5ccc(-c6ccc7oc8ccccc8c7c6)cc5)cc4)cc23)cc1. The molecule has 12 aromatic rings. The first-order valence-electron chi connectivity index (χ1n) is 20.7. The monoisotopic (exact) mass is 779 g/mol. The molecule has 0 spiro atoms. The third-order valence-electron chi connectivity index (χ3n) is 12.1. The van der Waals surface area contributed by atoms with Crippen LogP contribution in [-0.2, 0) is 0 Å². The molecule has 12 rings (SSSR count). The van der Waals surface area contributed by atoms with E-state index in [1.165, 1.54) is 21.9 Å². The molecule has 0 aliphatic carbocycles. The average molecular weight is 780 g/mol. The van der Waals surface area contributed by atoms with Gasteiger partial charge in [-0.1, -0.05) is 152 Å². The lowest BCUT2D eigenvalue weighted by molar-refractivity contribution is 0.669. The van der Waals surface area contributed by atoms with Crippen LogP contribution in [0.5, 0.6) is 0 Å². The van der Waals surface area contributed by atoms with Crippen LogP contribution in [0.2, 0.25) is 0 Å². The highest BCUT2D eigenvalue weighted by Crippen LogP contribution is 2.41. The normalized spacial score (nSPS) is 11.6. The van der Waals surface area contributed by atoms with Gasteiger partial charge in [0.25, 0.3) is 0 Å². The first-order chi connectivity index (χ1) is 30.2. The first-order valence-corrected chi connectivity index (χ1v) is 20.7. The standard InChI is InChI=1S/C58H37NO2/c1-2-10-42(11-3-1)50-14-8-15-52-54-37-46(26-34-57(54)61-58(50)52)41-23-31-49(32-24-41)59(47-27-19-39(20-28-47)44-18-17-38-9-4-5-12-43(38)35-44)48-29-21-40(22-30-48)45-25-33-56-53(36-45)51-13-6-7-16-55(51)60-56/h1-37H. The van der Waals surface area contributed by atoms with Crippen LogP contribution in [0.25, 0.3) is 99.2 Å². The molecule has 2 heterocycles. The number of hydrogen-bond acceptors (Lipinski definition) is 3. The van der Waals surface area contributed by atoms with Gasteiger partial charge in [0.1, 0.15) is 22.3 Å². The summed E-state index contributed by atoms with van der Waals surface area (Å²) in [7, 11) is 0. The maximum absolute atomic E-state index is 6.49. The van der Waals surface area contributed by atoms with Crippen LogP contribution in [0, 0.1) is 0 Å². The Kier molecular flexibility index (Phi) is 8.17. The molecular weight excluding hydrogens is 743 g/mol. The summed E-state index contributed by atoms with van der Waals surface area (Å²) in [4.78, 5) is 2.34. The Bertz CT molecular complexity index is 3560. The van der Waals surface area contributed by atoms with Crippen LogP contribution >= 0.6 is 0 Å². The fraction of sp³-hybridized carbons (Fsp3) is 0. The molecule has 0 fully saturated rings. The van der Waals surface area contributed by atoms with Gasteiger partial charge in [-0.3, -0.25) is 0 Å². The number of nitrogens with zero attached hydrogens (tertiary/aromatic N) is 1. The molecule has 0 saturated carbocycles. The van der Waals surface area contributed by atoms with Gasteiger partial charge in [0.2, 0.25) is 0 Å². The zero-order valence-electron chi connectivity index (χ0n) is 33.1. The van der Waals surface area contributed by atoms with Gasteiger partial charge in [-0.25, -0.2) is 0 Å². The van der Waals surface area contributed by atoms with Crippen molar-refractivity contribution in [3.63, 3.8) is 0 Å². The summed E-state index contributed by atoms with van der Waals surface area (Å²) in [6, 6.07) is 80.0. The Morgan fingerprint density at radius 1 is 0.262 bits per heavy atom. The minimum absolute atomic E-state index is 0.888. The molecule has 61 heavy (non-hydrogen) atoms. The maximum atomic E-state index is 6.49. The van der Waals surface area contributed by atoms with Crippen molar-refractivity contribution in [1.29, 1.82) is 0 Å². The van der Waals surface area contributed by atoms with Gasteiger partial charge in [-0.05, 0) is 123 Å². The van der Waals surface area contributed by atoms with Crippen molar-refractivity contribution < 1.29 is 8.83 Å². The molecule has 0 aliphatic heterocycles. The minimum Gasteiger partial charge on any atom is -0.456 e. The zero-order valence-corrected chi connectivity index (χ0v) is 33.1. The van der Waals surface area contributed by atoms with Crippen LogP contribution in [-0.4, -0.2) is 0 Å². The molecule has 3 heteroatoms. The van der Waals surface area contributed by atoms with Gasteiger partial charge >= 0.3 is 0 Å². The topological polar surface area (TPSA) is 29.5 Å². The zero-order chi connectivity index (χ0) is 40.3. The molecule has 0 aliphatic rings. The number of rotatable bonds is 7. The smallest absolute Gasteiger partial charge is 0.143 e. The molecule has 3 nitrogen and oxygen atoms in total. The van der Waals surface area contributed by atoms with E-state index in [0.29, 0.717) is 0 Å². The Morgan fingerprint density at radius 3 is 1.39 bits per heavy atom.